The summed E-state index contributed by atoms with van der Waals surface area (Å²) in [4.78, 5) is 0. The Morgan fingerprint density at radius 3 is 1.26 bits per heavy atom. The van der Waals surface area contributed by atoms with Gasteiger partial charge >= 0.3 is 0 Å². The molecule has 4 nitrogen and oxygen atoms in total. The third-order valence-electron chi connectivity index (χ3n) is 5.65. The predicted octanol–water partition coefficient (Wildman–Crippen LogP) is 1.61. The fraction of sp³-hybridized carbons (Fsp3) is 1.00. The molecule has 0 aromatic heterocycles. The van der Waals surface area contributed by atoms with Crippen molar-refractivity contribution in [3.05, 3.63) is 0 Å². The van der Waals surface area contributed by atoms with Gasteiger partial charge in [0, 0.05) is 13.0 Å². The first kappa shape index (κ1) is 29.3. The lowest BCUT2D eigenvalue weighted by molar-refractivity contribution is -0.945. The number of nitrogens with zero attached hydrogens (tertiary/aromatic N) is 1. The van der Waals surface area contributed by atoms with Crippen molar-refractivity contribution in [1.29, 1.82) is 0 Å². The first-order valence-corrected chi connectivity index (χ1v) is 11.4. The molecule has 0 amide bonds. The molecule has 0 bridgehead atoms. The van der Waals surface area contributed by atoms with E-state index in [1.165, 1.54) is 83.5 Å². The lowest BCUT2D eigenvalue weighted by Gasteiger charge is -2.36. The van der Waals surface area contributed by atoms with Crippen molar-refractivity contribution in [3.63, 3.8) is 0 Å². The van der Waals surface area contributed by atoms with Crippen molar-refractivity contribution in [2.45, 2.75) is 103 Å². The van der Waals surface area contributed by atoms with Gasteiger partial charge in [-0.05, 0) is 12.8 Å². The maximum atomic E-state index is 9.72. The quantitative estimate of drug-likeness (QED) is 0.153. The maximum Gasteiger partial charge on any atom is 0.180 e. The van der Waals surface area contributed by atoms with Gasteiger partial charge in [-0.1, -0.05) is 84.0 Å². The summed E-state index contributed by atoms with van der Waals surface area (Å²) in [5.74, 6) is 0. The minimum Gasteiger partial charge on any atom is -1.00 e. The van der Waals surface area contributed by atoms with Crippen LogP contribution in [0.25, 0.3) is 0 Å². The van der Waals surface area contributed by atoms with Crippen LogP contribution in [0, 0.1) is 0 Å². The smallest absolute Gasteiger partial charge is 0.180 e. The van der Waals surface area contributed by atoms with Gasteiger partial charge in [0.15, 0.2) is 6.73 Å². The van der Waals surface area contributed by atoms with Gasteiger partial charge in [0.1, 0.15) is 6.54 Å². The molecular weight excluding hydrogens is 362 g/mol. The van der Waals surface area contributed by atoms with E-state index in [4.69, 9.17) is 5.11 Å². The molecule has 0 aromatic carbocycles. The molecule has 3 N–H and O–H groups in total. The molecule has 0 aliphatic heterocycles. The number of rotatable bonds is 21. The molecule has 0 heterocycles. The summed E-state index contributed by atoms with van der Waals surface area (Å²) in [5, 5.41) is 28.0. The lowest BCUT2D eigenvalue weighted by atomic mass is 10.0. The molecular formula is C22H48ClNO3. The van der Waals surface area contributed by atoms with E-state index in [0.717, 1.165) is 19.5 Å². The third-order valence-corrected chi connectivity index (χ3v) is 5.65. The average molecular weight is 410 g/mol. The normalized spacial score (nSPS) is 13.3. The van der Waals surface area contributed by atoms with Gasteiger partial charge in [0.05, 0.1) is 19.7 Å². The second kappa shape index (κ2) is 22.4. The summed E-state index contributed by atoms with van der Waals surface area (Å²) in [6.07, 6.45) is 19.6. The zero-order valence-electron chi connectivity index (χ0n) is 18.0. The number of halogens is 1. The highest BCUT2D eigenvalue weighted by molar-refractivity contribution is 4.50. The van der Waals surface area contributed by atoms with E-state index in [2.05, 4.69) is 6.92 Å². The molecule has 0 rings (SSSR count). The van der Waals surface area contributed by atoms with E-state index in [-0.39, 0.29) is 32.4 Å². The van der Waals surface area contributed by atoms with Crippen molar-refractivity contribution in [2.24, 2.45) is 0 Å². The monoisotopic (exact) mass is 409 g/mol. The van der Waals surface area contributed by atoms with Crippen LogP contribution in [0.15, 0.2) is 0 Å². The molecule has 0 aliphatic carbocycles. The van der Waals surface area contributed by atoms with E-state index >= 15 is 0 Å². The number of aliphatic hydroxyl groups excluding tert-OH is 3. The molecule has 0 saturated heterocycles. The molecule has 1 atom stereocenters. The topological polar surface area (TPSA) is 60.7 Å². The van der Waals surface area contributed by atoms with E-state index < -0.39 is 0 Å². The number of quaternary nitrogens is 1. The Hall–Kier alpha value is 0.130. The van der Waals surface area contributed by atoms with E-state index in [1.54, 1.807) is 0 Å². The molecule has 0 aromatic rings. The first-order chi connectivity index (χ1) is 12.7. The van der Waals surface area contributed by atoms with Crippen LogP contribution in [0.5, 0.6) is 0 Å². The van der Waals surface area contributed by atoms with Crippen LogP contribution < -0.4 is 12.4 Å². The molecule has 1 unspecified atom stereocenters. The van der Waals surface area contributed by atoms with Gasteiger partial charge in [-0.25, -0.2) is 0 Å². The Balaban J connectivity index is 0. The Morgan fingerprint density at radius 1 is 0.481 bits per heavy atom. The third kappa shape index (κ3) is 17.9. The summed E-state index contributed by atoms with van der Waals surface area (Å²) in [6.45, 7) is 4.86. The predicted molar refractivity (Wildman–Crippen MR) is 111 cm³/mol. The summed E-state index contributed by atoms with van der Waals surface area (Å²) in [5.41, 5.74) is 0. The Morgan fingerprint density at radius 2 is 0.889 bits per heavy atom. The largest absolute Gasteiger partial charge is 1.00 e. The minimum absolute atomic E-state index is 0. The van der Waals surface area contributed by atoms with Crippen molar-refractivity contribution >= 4 is 0 Å². The number of unbranched alkanes of at least 4 members (excludes halogenated alkanes) is 13. The molecule has 27 heavy (non-hydrogen) atoms. The number of aliphatic hydroxyl groups is 3. The van der Waals surface area contributed by atoms with Crippen LogP contribution in [0.4, 0.5) is 0 Å². The summed E-state index contributed by atoms with van der Waals surface area (Å²) >= 11 is 0. The van der Waals surface area contributed by atoms with Crippen LogP contribution in [0.3, 0.4) is 0 Å². The van der Waals surface area contributed by atoms with E-state index in [0.29, 0.717) is 17.4 Å². The zero-order valence-corrected chi connectivity index (χ0v) is 18.8. The summed E-state index contributed by atoms with van der Waals surface area (Å²) in [6, 6.07) is 0. The SMILES string of the molecule is CCCCCCCCCCCCCCCC[N+](CO)(CCO)CCCO.[Cl-]. The van der Waals surface area contributed by atoms with E-state index in [9.17, 15) is 10.2 Å². The van der Waals surface area contributed by atoms with Crippen LogP contribution in [-0.2, 0) is 0 Å². The van der Waals surface area contributed by atoms with Crippen LogP contribution in [-0.4, -0.2) is 59.4 Å². The second-order valence-electron chi connectivity index (χ2n) is 8.05. The number of hydrogen-bond acceptors (Lipinski definition) is 3. The van der Waals surface area contributed by atoms with Gasteiger partial charge in [0.25, 0.3) is 0 Å². The van der Waals surface area contributed by atoms with Gasteiger partial charge in [-0.3, -0.25) is 4.48 Å². The fourth-order valence-corrected chi connectivity index (χ4v) is 3.81. The Labute approximate surface area is 175 Å². The van der Waals surface area contributed by atoms with Crippen molar-refractivity contribution < 1.29 is 32.2 Å². The summed E-state index contributed by atoms with van der Waals surface area (Å²) in [7, 11) is 0. The minimum atomic E-state index is 0. The highest BCUT2D eigenvalue weighted by atomic mass is 35.5. The summed E-state index contributed by atoms with van der Waals surface area (Å²) < 4.78 is 0.537. The van der Waals surface area contributed by atoms with Crippen LogP contribution >= 0.6 is 0 Å². The number of hydrogen-bond donors (Lipinski definition) is 3. The Bertz CT molecular complexity index is 282. The highest BCUT2D eigenvalue weighted by Crippen LogP contribution is 2.15. The van der Waals surface area contributed by atoms with Gasteiger partial charge in [-0.15, -0.1) is 0 Å². The standard InChI is InChI=1S/C22H48NO3.ClH/c1-2-3-4-5-6-7-8-9-10-11-12-13-14-15-17-23(22-26,19-21-25)18-16-20-24;/h24-26H,2-22H2,1H3;1H/q+1;/p-1. The van der Waals surface area contributed by atoms with Gasteiger partial charge < -0.3 is 27.7 Å². The molecule has 0 spiro atoms. The second-order valence-corrected chi connectivity index (χ2v) is 8.05. The Kier molecular flexibility index (Phi) is 24.4. The highest BCUT2D eigenvalue weighted by Gasteiger charge is 2.24. The van der Waals surface area contributed by atoms with Crippen LogP contribution in [0.1, 0.15) is 103 Å². The van der Waals surface area contributed by atoms with Crippen molar-refractivity contribution in [1.82, 2.24) is 0 Å². The van der Waals surface area contributed by atoms with Crippen molar-refractivity contribution in [3.8, 4) is 0 Å². The van der Waals surface area contributed by atoms with Gasteiger partial charge in [0.2, 0.25) is 0 Å². The fourth-order valence-electron chi connectivity index (χ4n) is 3.81. The zero-order chi connectivity index (χ0) is 19.3. The van der Waals surface area contributed by atoms with E-state index in [1.807, 2.05) is 0 Å². The van der Waals surface area contributed by atoms with Crippen molar-refractivity contribution in [2.75, 3.05) is 39.6 Å². The maximum absolute atomic E-state index is 9.72. The molecule has 0 fully saturated rings. The van der Waals surface area contributed by atoms with Crippen LogP contribution in [0.2, 0.25) is 0 Å². The first-order valence-electron chi connectivity index (χ1n) is 11.4. The molecule has 5 heteroatoms. The average Bonchev–Trinajstić information content (AvgIpc) is 2.66. The lowest BCUT2D eigenvalue weighted by Crippen LogP contribution is -3.00. The molecule has 0 radical (unpaired) electrons. The molecule has 0 saturated carbocycles. The molecule has 0 aliphatic rings. The molecule has 166 valence electrons. The van der Waals surface area contributed by atoms with Gasteiger partial charge in [-0.2, -0.15) is 0 Å².